The number of thiazole rings is 1. The molecule has 0 radical (unpaired) electrons. The van der Waals surface area contributed by atoms with E-state index in [9.17, 15) is 0 Å². The predicted octanol–water partition coefficient (Wildman–Crippen LogP) is 7.44. The molecule has 0 N–H and O–H groups in total. The Bertz CT molecular complexity index is 1230. The van der Waals surface area contributed by atoms with Crippen molar-refractivity contribution in [2.75, 3.05) is 5.01 Å². The second kappa shape index (κ2) is 8.29. The summed E-state index contributed by atoms with van der Waals surface area (Å²) in [6.07, 6.45) is 0.824. The number of hydrogen-bond acceptors (Lipinski definition) is 4. The maximum absolute atomic E-state index is 6.14. The van der Waals surface area contributed by atoms with Gasteiger partial charge in [-0.3, -0.25) is 0 Å². The molecule has 0 bridgehead atoms. The minimum Gasteiger partial charge on any atom is -0.231 e. The maximum Gasteiger partial charge on any atom is 0.207 e. The van der Waals surface area contributed by atoms with Crippen LogP contribution in [0.25, 0.3) is 11.3 Å². The number of benzene rings is 3. The van der Waals surface area contributed by atoms with Gasteiger partial charge in [0.25, 0.3) is 0 Å². The van der Waals surface area contributed by atoms with Gasteiger partial charge in [0.05, 0.1) is 17.4 Å². The molecule has 4 aromatic rings. The van der Waals surface area contributed by atoms with Gasteiger partial charge < -0.3 is 0 Å². The molecule has 0 amide bonds. The van der Waals surface area contributed by atoms with Gasteiger partial charge in [0.15, 0.2) is 0 Å². The van der Waals surface area contributed by atoms with Crippen molar-refractivity contribution in [2.45, 2.75) is 26.3 Å². The highest BCUT2D eigenvalue weighted by Gasteiger charge is 2.31. The third kappa shape index (κ3) is 4.14. The third-order valence-corrected chi connectivity index (χ3v) is 6.67. The van der Waals surface area contributed by atoms with Crippen LogP contribution < -0.4 is 5.01 Å². The number of hydrazone groups is 1. The van der Waals surface area contributed by atoms with E-state index in [0.717, 1.165) is 39.1 Å². The first-order valence-corrected chi connectivity index (χ1v) is 11.5. The Morgan fingerprint density at radius 1 is 0.839 bits per heavy atom. The molecule has 154 valence electrons. The lowest BCUT2D eigenvalue weighted by Crippen LogP contribution is -2.18. The molecule has 5 rings (SSSR count). The Morgan fingerprint density at radius 2 is 1.45 bits per heavy atom. The fourth-order valence-electron chi connectivity index (χ4n) is 3.78. The van der Waals surface area contributed by atoms with Gasteiger partial charge >= 0.3 is 0 Å². The van der Waals surface area contributed by atoms with E-state index in [1.54, 1.807) is 11.3 Å². The molecular weight excluding hydrogens is 422 g/mol. The molecule has 31 heavy (non-hydrogen) atoms. The van der Waals surface area contributed by atoms with Crippen molar-refractivity contribution in [1.82, 2.24) is 4.98 Å². The SMILES string of the molecule is Cc1ccc(C2=NN(c3nc(-c4ccc(C)cc4)cs3)[C@@H](c3ccc(Cl)cc3)C2)cc1. The van der Waals surface area contributed by atoms with Crippen LogP contribution in [-0.4, -0.2) is 10.7 Å². The Morgan fingerprint density at radius 3 is 2.10 bits per heavy atom. The van der Waals surface area contributed by atoms with Crippen molar-refractivity contribution < 1.29 is 0 Å². The van der Waals surface area contributed by atoms with Crippen LogP contribution in [0.2, 0.25) is 5.02 Å². The first-order chi connectivity index (χ1) is 15.1. The molecule has 0 saturated carbocycles. The molecule has 1 atom stereocenters. The third-order valence-electron chi connectivity index (χ3n) is 5.59. The van der Waals surface area contributed by atoms with Crippen LogP contribution in [0.3, 0.4) is 0 Å². The highest BCUT2D eigenvalue weighted by Crippen LogP contribution is 2.39. The van der Waals surface area contributed by atoms with E-state index >= 15 is 0 Å². The van der Waals surface area contributed by atoms with Gasteiger partial charge in [-0.2, -0.15) is 5.10 Å². The van der Waals surface area contributed by atoms with Crippen molar-refractivity contribution in [2.24, 2.45) is 5.10 Å². The largest absolute Gasteiger partial charge is 0.231 e. The summed E-state index contributed by atoms with van der Waals surface area (Å²) >= 11 is 7.77. The zero-order chi connectivity index (χ0) is 21.4. The summed E-state index contributed by atoms with van der Waals surface area (Å²) in [4.78, 5) is 4.94. The maximum atomic E-state index is 6.14. The quantitative estimate of drug-likeness (QED) is 0.328. The number of aromatic nitrogens is 1. The van der Waals surface area contributed by atoms with E-state index in [-0.39, 0.29) is 6.04 Å². The highest BCUT2D eigenvalue weighted by atomic mass is 35.5. The fourth-order valence-corrected chi connectivity index (χ4v) is 4.74. The molecule has 0 saturated heterocycles. The van der Waals surface area contributed by atoms with E-state index < -0.39 is 0 Å². The average molecular weight is 444 g/mol. The van der Waals surface area contributed by atoms with Crippen molar-refractivity contribution >= 4 is 33.8 Å². The van der Waals surface area contributed by atoms with Crippen LogP contribution in [0, 0.1) is 13.8 Å². The summed E-state index contributed by atoms with van der Waals surface area (Å²) < 4.78 is 0. The minimum absolute atomic E-state index is 0.0885. The van der Waals surface area contributed by atoms with Crippen molar-refractivity contribution in [3.8, 4) is 11.3 Å². The highest BCUT2D eigenvalue weighted by molar-refractivity contribution is 7.14. The molecule has 2 heterocycles. The van der Waals surface area contributed by atoms with Crippen LogP contribution in [0.5, 0.6) is 0 Å². The average Bonchev–Trinajstić information content (AvgIpc) is 3.43. The summed E-state index contributed by atoms with van der Waals surface area (Å²) in [6, 6.07) is 25.2. The first kappa shape index (κ1) is 20.0. The lowest BCUT2D eigenvalue weighted by Gasteiger charge is -2.21. The van der Waals surface area contributed by atoms with Crippen molar-refractivity contribution in [3.63, 3.8) is 0 Å². The molecule has 0 fully saturated rings. The predicted molar refractivity (Wildman–Crippen MR) is 131 cm³/mol. The molecule has 5 heteroatoms. The number of hydrogen-bond donors (Lipinski definition) is 0. The molecule has 1 aromatic heterocycles. The molecule has 3 nitrogen and oxygen atoms in total. The van der Waals surface area contributed by atoms with Crippen LogP contribution in [0.15, 0.2) is 83.3 Å². The summed E-state index contributed by atoms with van der Waals surface area (Å²) in [7, 11) is 0. The van der Waals surface area contributed by atoms with E-state index in [1.807, 2.05) is 12.1 Å². The van der Waals surface area contributed by atoms with Crippen LogP contribution >= 0.6 is 22.9 Å². The first-order valence-electron chi connectivity index (χ1n) is 10.3. The number of nitrogens with zero attached hydrogens (tertiary/aromatic N) is 3. The standard InChI is InChI=1S/C26H22ClN3S/c1-17-3-7-19(8-4-17)23-15-25(21-11-13-22(27)14-12-21)30(29-23)26-28-24(16-31-26)20-9-5-18(2)6-10-20/h3-14,16,25H,15H2,1-2H3/t25-/m1/s1. The minimum atomic E-state index is 0.0885. The molecule has 1 aliphatic heterocycles. The summed E-state index contributed by atoms with van der Waals surface area (Å²) in [5.41, 5.74) is 8.01. The zero-order valence-corrected chi connectivity index (χ0v) is 19.0. The lowest BCUT2D eigenvalue weighted by atomic mass is 9.98. The Balaban J connectivity index is 1.52. The molecule has 3 aromatic carbocycles. The number of rotatable bonds is 4. The monoisotopic (exact) mass is 443 g/mol. The van der Waals surface area contributed by atoms with Gasteiger partial charge in [0.2, 0.25) is 5.13 Å². The van der Waals surface area contributed by atoms with Crippen molar-refractivity contribution in [1.29, 1.82) is 0 Å². The molecule has 0 aliphatic carbocycles. The van der Waals surface area contributed by atoms with Gasteiger partial charge in [0, 0.05) is 22.4 Å². The molecule has 0 unspecified atom stereocenters. The van der Waals surface area contributed by atoms with Gasteiger partial charge in [-0.15, -0.1) is 11.3 Å². The number of anilines is 1. The van der Waals surface area contributed by atoms with Crippen molar-refractivity contribution in [3.05, 3.63) is 105 Å². The number of aryl methyl sites for hydroxylation is 2. The van der Waals surface area contributed by atoms with Gasteiger partial charge in [-0.1, -0.05) is 83.4 Å². The van der Waals surface area contributed by atoms with E-state index in [1.165, 1.54) is 16.7 Å². The van der Waals surface area contributed by atoms with Crippen LogP contribution in [0.1, 0.15) is 34.7 Å². The second-order valence-corrected chi connectivity index (χ2v) is 9.18. The summed E-state index contributed by atoms with van der Waals surface area (Å²) in [6.45, 7) is 4.20. The fraction of sp³-hybridized carbons (Fsp3) is 0.154. The van der Waals surface area contributed by atoms with Gasteiger partial charge in [-0.05, 0) is 37.1 Å². The Labute approximate surface area is 191 Å². The van der Waals surface area contributed by atoms with E-state index in [4.69, 9.17) is 21.7 Å². The smallest absolute Gasteiger partial charge is 0.207 e. The van der Waals surface area contributed by atoms with Gasteiger partial charge in [-0.25, -0.2) is 9.99 Å². The van der Waals surface area contributed by atoms with E-state index in [2.05, 4.69) is 84.9 Å². The summed E-state index contributed by atoms with van der Waals surface area (Å²) in [5.74, 6) is 0. The van der Waals surface area contributed by atoms with Crippen LogP contribution in [0.4, 0.5) is 5.13 Å². The molecular formula is C26H22ClN3S. The molecule has 1 aliphatic rings. The molecule has 0 spiro atoms. The number of halogens is 1. The van der Waals surface area contributed by atoms with E-state index in [0.29, 0.717) is 0 Å². The lowest BCUT2D eigenvalue weighted by molar-refractivity contribution is 0.706. The summed E-state index contributed by atoms with van der Waals surface area (Å²) in [5, 5.41) is 10.8. The normalized spacial score (nSPS) is 15.9. The van der Waals surface area contributed by atoms with Crippen LogP contribution in [-0.2, 0) is 0 Å². The van der Waals surface area contributed by atoms with Gasteiger partial charge in [0.1, 0.15) is 0 Å². The topological polar surface area (TPSA) is 28.5 Å². The Kier molecular flexibility index (Phi) is 5.34. The second-order valence-electron chi connectivity index (χ2n) is 7.91. The Hall–Kier alpha value is -2.95. The zero-order valence-electron chi connectivity index (χ0n) is 17.4.